The second-order valence-corrected chi connectivity index (χ2v) is 7.18. The van der Waals surface area contributed by atoms with Crippen LogP contribution in [0.25, 0.3) is 5.69 Å². The van der Waals surface area contributed by atoms with E-state index in [-0.39, 0.29) is 17.6 Å². The molecule has 148 valence electrons. The van der Waals surface area contributed by atoms with Crippen LogP contribution >= 0.6 is 0 Å². The highest BCUT2D eigenvalue weighted by Crippen LogP contribution is 2.20. The zero-order chi connectivity index (χ0) is 20.4. The molecule has 1 aromatic heterocycles. The van der Waals surface area contributed by atoms with E-state index < -0.39 is 0 Å². The average Bonchev–Trinajstić information content (AvgIpc) is 3.43. The van der Waals surface area contributed by atoms with E-state index >= 15 is 0 Å². The molecule has 3 aromatic rings. The number of amides is 3. The Morgan fingerprint density at radius 2 is 1.55 bits per heavy atom. The Kier molecular flexibility index (Phi) is 4.99. The summed E-state index contributed by atoms with van der Waals surface area (Å²) in [5.74, 6) is -0.340. The van der Waals surface area contributed by atoms with Crippen LogP contribution < -0.4 is 16.0 Å². The number of aryl methyl sites for hydroxylation is 1. The van der Waals surface area contributed by atoms with Crippen molar-refractivity contribution in [1.29, 1.82) is 0 Å². The van der Waals surface area contributed by atoms with Crippen molar-refractivity contribution in [2.24, 2.45) is 0 Å². The van der Waals surface area contributed by atoms with Gasteiger partial charge in [-0.2, -0.15) is 0 Å². The van der Waals surface area contributed by atoms with Crippen LogP contribution in [0.2, 0.25) is 0 Å². The normalized spacial score (nSPS) is 13.0. The largest absolute Gasteiger partial charge is 0.335 e. The van der Waals surface area contributed by atoms with Crippen molar-refractivity contribution in [3.63, 3.8) is 0 Å². The van der Waals surface area contributed by atoms with Crippen LogP contribution in [0.3, 0.4) is 0 Å². The lowest BCUT2D eigenvalue weighted by Crippen LogP contribution is -2.30. The molecule has 1 aliphatic carbocycles. The molecule has 8 heteroatoms. The van der Waals surface area contributed by atoms with Crippen LogP contribution in [-0.2, 0) is 0 Å². The predicted octanol–water partition coefficient (Wildman–Crippen LogP) is 3.42. The molecule has 8 nitrogen and oxygen atoms in total. The zero-order valence-corrected chi connectivity index (χ0v) is 16.3. The molecule has 0 unspecified atom stereocenters. The van der Waals surface area contributed by atoms with E-state index in [0.717, 1.165) is 24.1 Å². The fourth-order valence-electron chi connectivity index (χ4n) is 2.88. The van der Waals surface area contributed by atoms with Gasteiger partial charge in [-0.25, -0.2) is 9.48 Å². The van der Waals surface area contributed by atoms with Gasteiger partial charge in [0.25, 0.3) is 5.91 Å². The number of hydrogen-bond donors (Lipinski definition) is 3. The van der Waals surface area contributed by atoms with Crippen molar-refractivity contribution < 1.29 is 9.59 Å². The molecule has 0 saturated heterocycles. The molecule has 2 aromatic carbocycles. The molecular formula is C21H22N6O2. The van der Waals surface area contributed by atoms with Crippen LogP contribution in [0.5, 0.6) is 0 Å². The molecule has 29 heavy (non-hydrogen) atoms. The lowest BCUT2D eigenvalue weighted by molar-refractivity contribution is 0.102. The highest BCUT2D eigenvalue weighted by molar-refractivity contribution is 6.03. The maximum Gasteiger partial charge on any atom is 0.319 e. The first-order chi connectivity index (χ1) is 14.0. The van der Waals surface area contributed by atoms with E-state index in [1.807, 2.05) is 31.2 Å². The van der Waals surface area contributed by atoms with Crippen LogP contribution in [0.1, 0.15) is 34.6 Å². The Labute approximate surface area is 168 Å². The van der Waals surface area contributed by atoms with Crippen molar-refractivity contribution in [2.45, 2.75) is 32.7 Å². The lowest BCUT2D eigenvalue weighted by Gasteiger charge is -2.08. The molecular weight excluding hydrogens is 368 g/mol. The molecule has 0 radical (unpaired) electrons. The summed E-state index contributed by atoms with van der Waals surface area (Å²) in [6, 6.07) is 14.8. The Hall–Kier alpha value is -3.68. The third-order valence-electron chi connectivity index (χ3n) is 4.70. The topological polar surface area (TPSA) is 101 Å². The van der Waals surface area contributed by atoms with Gasteiger partial charge in [0.1, 0.15) is 0 Å². The smallest absolute Gasteiger partial charge is 0.319 e. The molecule has 1 fully saturated rings. The number of aromatic nitrogens is 3. The summed E-state index contributed by atoms with van der Waals surface area (Å²) in [7, 11) is 0. The van der Waals surface area contributed by atoms with E-state index in [9.17, 15) is 9.59 Å². The summed E-state index contributed by atoms with van der Waals surface area (Å²) in [4.78, 5) is 24.4. The predicted molar refractivity (Wildman–Crippen MR) is 110 cm³/mol. The minimum Gasteiger partial charge on any atom is -0.335 e. The maximum absolute atomic E-state index is 12.6. The fraction of sp³-hybridized carbons (Fsp3) is 0.238. The third kappa shape index (κ3) is 4.43. The van der Waals surface area contributed by atoms with Crippen molar-refractivity contribution in [3.05, 3.63) is 65.5 Å². The quantitative estimate of drug-likeness (QED) is 0.621. The molecule has 0 bridgehead atoms. The van der Waals surface area contributed by atoms with Gasteiger partial charge in [-0.3, -0.25) is 4.79 Å². The van der Waals surface area contributed by atoms with Gasteiger partial charge in [0, 0.05) is 17.4 Å². The van der Waals surface area contributed by atoms with E-state index in [2.05, 4.69) is 26.3 Å². The van der Waals surface area contributed by atoms with Crippen LogP contribution in [0.4, 0.5) is 16.2 Å². The number of benzene rings is 2. The summed E-state index contributed by atoms with van der Waals surface area (Å²) < 4.78 is 1.64. The van der Waals surface area contributed by atoms with E-state index in [1.165, 1.54) is 0 Å². The van der Waals surface area contributed by atoms with Gasteiger partial charge in [-0.15, -0.1) is 5.10 Å². The second-order valence-electron chi connectivity index (χ2n) is 7.18. The molecule has 3 N–H and O–H groups in total. The molecule has 0 spiro atoms. The number of rotatable bonds is 5. The summed E-state index contributed by atoms with van der Waals surface area (Å²) in [6.07, 6.45) is 2.07. The third-order valence-corrected chi connectivity index (χ3v) is 4.70. The molecule has 1 aliphatic rings. The van der Waals surface area contributed by atoms with E-state index in [1.54, 1.807) is 35.9 Å². The molecule has 0 aliphatic heterocycles. The first kappa shape index (κ1) is 18.7. The molecule has 1 heterocycles. The van der Waals surface area contributed by atoms with Crippen molar-refractivity contribution in [2.75, 3.05) is 10.6 Å². The van der Waals surface area contributed by atoms with E-state index in [4.69, 9.17) is 0 Å². The summed E-state index contributed by atoms with van der Waals surface area (Å²) in [6.45, 7) is 3.82. The number of urea groups is 1. The SMILES string of the molecule is Cc1ccc(-n2nnc(C(=O)Nc3ccc(NC(=O)NC4CC4)cc3)c2C)cc1. The Morgan fingerprint density at radius 1 is 0.931 bits per heavy atom. The standard InChI is InChI=1S/C21H22N6O2/c1-13-3-11-18(12-4-13)27-14(2)19(25-26-27)20(28)22-15-5-7-16(8-6-15)23-21(29)24-17-9-10-17/h3-8,11-12,17H,9-10H2,1-2H3,(H,22,28)(H2,23,24,29). The van der Waals surface area contributed by atoms with Crippen LogP contribution in [0, 0.1) is 13.8 Å². The maximum atomic E-state index is 12.6. The van der Waals surface area contributed by atoms with Gasteiger partial charge in [0.2, 0.25) is 0 Å². The molecule has 1 saturated carbocycles. The second kappa shape index (κ2) is 7.75. The highest BCUT2D eigenvalue weighted by atomic mass is 16.2. The van der Waals surface area contributed by atoms with Crippen molar-refractivity contribution >= 4 is 23.3 Å². The summed E-state index contributed by atoms with van der Waals surface area (Å²) >= 11 is 0. The van der Waals surface area contributed by atoms with Gasteiger partial charge in [-0.1, -0.05) is 22.9 Å². The van der Waals surface area contributed by atoms with Gasteiger partial charge in [-0.05, 0) is 63.1 Å². The minimum absolute atomic E-state index is 0.215. The van der Waals surface area contributed by atoms with Crippen LogP contribution in [0.15, 0.2) is 48.5 Å². The van der Waals surface area contributed by atoms with Gasteiger partial charge < -0.3 is 16.0 Å². The van der Waals surface area contributed by atoms with Gasteiger partial charge in [0.15, 0.2) is 5.69 Å². The summed E-state index contributed by atoms with van der Waals surface area (Å²) in [5.41, 5.74) is 4.17. The highest BCUT2D eigenvalue weighted by Gasteiger charge is 2.23. The summed E-state index contributed by atoms with van der Waals surface area (Å²) in [5, 5.41) is 16.6. The zero-order valence-electron chi connectivity index (χ0n) is 16.3. The lowest BCUT2D eigenvalue weighted by atomic mass is 10.2. The fourth-order valence-corrected chi connectivity index (χ4v) is 2.88. The Balaban J connectivity index is 1.41. The number of carbonyl (C=O) groups excluding carboxylic acids is 2. The monoisotopic (exact) mass is 390 g/mol. The molecule has 0 atom stereocenters. The number of nitrogens with zero attached hydrogens (tertiary/aromatic N) is 3. The van der Waals surface area contributed by atoms with Crippen molar-refractivity contribution in [3.8, 4) is 5.69 Å². The Morgan fingerprint density at radius 3 is 2.17 bits per heavy atom. The number of carbonyl (C=O) groups is 2. The van der Waals surface area contributed by atoms with Gasteiger partial charge >= 0.3 is 6.03 Å². The first-order valence-corrected chi connectivity index (χ1v) is 9.48. The molecule has 3 amide bonds. The Bertz CT molecular complexity index is 1040. The molecule has 4 rings (SSSR count). The average molecular weight is 390 g/mol. The number of nitrogens with one attached hydrogen (secondary N) is 3. The van der Waals surface area contributed by atoms with Gasteiger partial charge in [0.05, 0.1) is 11.4 Å². The van der Waals surface area contributed by atoms with Crippen LogP contribution in [-0.4, -0.2) is 33.0 Å². The number of hydrogen-bond acceptors (Lipinski definition) is 4. The minimum atomic E-state index is -0.340. The first-order valence-electron chi connectivity index (χ1n) is 9.48. The van der Waals surface area contributed by atoms with Crippen molar-refractivity contribution in [1.82, 2.24) is 20.3 Å². The van der Waals surface area contributed by atoms with E-state index in [0.29, 0.717) is 23.1 Å². The number of anilines is 2.